The van der Waals surface area contributed by atoms with Gasteiger partial charge in [0.15, 0.2) is 5.13 Å². The molecule has 126 valence electrons. The van der Waals surface area contributed by atoms with E-state index in [1.807, 2.05) is 5.38 Å². The van der Waals surface area contributed by atoms with Gasteiger partial charge in [0.2, 0.25) is 0 Å². The van der Waals surface area contributed by atoms with E-state index in [0.717, 1.165) is 5.13 Å². The maximum atomic E-state index is 12.0. The van der Waals surface area contributed by atoms with Crippen molar-refractivity contribution in [2.75, 3.05) is 18.4 Å². The molecule has 2 N–H and O–H groups in total. The molecule has 0 bridgehead atoms. The number of carbonyl (C=O) groups is 1. The van der Waals surface area contributed by atoms with Gasteiger partial charge < -0.3 is 5.32 Å². The van der Waals surface area contributed by atoms with Crippen molar-refractivity contribution in [1.29, 1.82) is 0 Å². The number of β-lactam (4-membered cyclic amide) rings is 1. The van der Waals surface area contributed by atoms with Gasteiger partial charge >= 0.3 is 0 Å². The van der Waals surface area contributed by atoms with Crippen LogP contribution >= 0.6 is 22.9 Å². The van der Waals surface area contributed by atoms with Crippen LogP contribution in [0.3, 0.4) is 0 Å². The summed E-state index contributed by atoms with van der Waals surface area (Å²) in [5.41, 5.74) is 3.34. The molecule has 0 spiro atoms. The van der Waals surface area contributed by atoms with Crippen molar-refractivity contribution in [3.63, 3.8) is 0 Å². The number of aromatic nitrogens is 1. The predicted octanol–water partition coefficient (Wildman–Crippen LogP) is 2.16. The Hall–Kier alpha value is -2.23. The smallest absolute Gasteiger partial charge is 0.274 e. The average molecular weight is 368 g/mol. The zero-order valence-corrected chi connectivity index (χ0v) is 14.0. The summed E-state index contributed by atoms with van der Waals surface area (Å²) in [6.45, 7) is 1.000. The Labute approximate surface area is 146 Å². The highest BCUT2D eigenvalue weighted by atomic mass is 35.5. The number of hydrogen-bond donors (Lipinski definition) is 2. The maximum Gasteiger partial charge on any atom is 0.274 e. The van der Waals surface area contributed by atoms with Gasteiger partial charge in [-0.25, -0.2) is 10.4 Å². The molecule has 1 aromatic carbocycles. The van der Waals surface area contributed by atoms with Crippen LogP contribution in [0, 0.1) is 10.1 Å². The summed E-state index contributed by atoms with van der Waals surface area (Å²) in [5.74, 6) is -0.297. The minimum Gasteiger partial charge on any atom is -0.360 e. The van der Waals surface area contributed by atoms with Crippen molar-refractivity contribution >= 4 is 39.7 Å². The minimum absolute atomic E-state index is 0.0478. The van der Waals surface area contributed by atoms with E-state index in [2.05, 4.69) is 15.7 Å². The number of thiazole rings is 1. The summed E-state index contributed by atoms with van der Waals surface area (Å²) >= 11 is 7.57. The maximum absolute atomic E-state index is 12.0. The predicted molar refractivity (Wildman–Crippen MR) is 90.9 cm³/mol. The molecule has 0 aliphatic carbocycles. The highest BCUT2D eigenvalue weighted by molar-refractivity contribution is 7.13. The molecular formula is C14H14ClN5O3S. The van der Waals surface area contributed by atoms with Crippen LogP contribution in [0.25, 0.3) is 0 Å². The molecule has 2 aromatic rings. The molecule has 24 heavy (non-hydrogen) atoms. The number of benzene rings is 1. The van der Waals surface area contributed by atoms with Gasteiger partial charge in [-0.15, -0.1) is 22.9 Å². The van der Waals surface area contributed by atoms with Gasteiger partial charge in [0.05, 0.1) is 10.5 Å². The highest BCUT2D eigenvalue weighted by Gasteiger charge is 2.49. The van der Waals surface area contributed by atoms with Crippen molar-refractivity contribution in [3.8, 4) is 0 Å². The van der Waals surface area contributed by atoms with Crippen LogP contribution in [0.5, 0.6) is 0 Å². The molecule has 1 aliphatic heterocycles. The molecule has 2 unspecified atom stereocenters. The second-order valence-corrected chi connectivity index (χ2v) is 6.41. The molecule has 1 amide bonds. The molecule has 3 rings (SSSR count). The number of para-hydroxylation sites is 1. The van der Waals surface area contributed by atoms with Crippen LogP contribution in [-0.4, -0.2) is 39.3 Å². The highest BCUT2D eigenvalue weighted by Crippen LogP contribution is 2.40. The first kappa shape index (κ1) is 16.6. The number of alkyl halides is 1. The number of nitro groups is 1. The summed E-state index contributed by atoms with van der Waals surface area (Å²) in [6, 6.07) is 5.73. The Morgan fingerprint density at radius 1 is 1.38 bits per heavy atom. The Bertz CT molecular complexity index is 742. The van der Waals surface area contributed by atoms with Crippen LogP contribution in [0.1, 0.15) is 11.6 Å². The van der Waals surface area contributed by atoms with Crippen molar-refractivity contribution in [2.45, 2.75) is 11.4 Å². The molecule has 1 fully saturated rings. The Morgan fingerprint density at radius 2 is 2.17 bits per heavy atom. The number of rotatable bonds is 7. The van der Waals surface area contributed by atoms with Gasteiger partial charge in [-0.1, -0.05) is 12.1 Å². The molecule has 0 radical (unpaired) electrons. The third kappa shape index (κ3) is 3.18. The van der Waals surface area contributed by atoms with Gasteiger partial charge in [0.1, 0.15) is 11.4 Å². The Balaban J connectivity index is 1.64. The number of hydrogen-bond acceptors (Lipinski definition) is 7. The summed E-state index contributed by atoms with van der Waals surface area (Å²) < 4.78 is 0. The number of nitro benzene ring substituents is 1. The van der Waals surface area contributed by atoms with Crippen molar-refractivity contribution in [1.82, 2.24) is 15.4 Å². The number of amides is 1. The van der Waals surface area contributed by atoms with Gasteiger partial charge in [-0.2, -0.15) is 0 Å². The molecule has 2 heterocycles. The average Bonchev–Trinajstić information content (AvgIpc) is 3.10. The van der Waals surface area contributed by atoms with E-state index in [0.29, 0.717) is 18.7 Å². The van der Waals surface area contributed by atoms with E-state index in [9.17, 15) is 14.9 Å². The van der Waals surface area contributed by atoms with Crippen LogP contribution < -0.4 is 10.7 Å². The molecule has 1 aliphatic rings. The Morgan fingerprint density at radius 3 is 2.88 bits per heavy atom. The van der Waals surface area contributed by atoms with Crippen LogP contribution in [0.15, 0.2) is 35.8 Å². The van der Waals surface area contributed by atoms with E-state index in [4.69, 9.17) is 11.6 Å². The zero-order valence-electron chi connectivity index (χ0n) is 12.4. The summed E-state index contributed by atoms with van der Waals surface area (Å²) in [4.78, 5) is 26.8. The topological polar surface area (TPSA) is 100 Å². The first-order valence-corrected chi connectivity index (χ1v) is 8.48. The lowest BCUT2D eigenvalue weighted by molar-refractivity contribution is -0.386. The number of nitrogens with zero attached hydrogens (tertiary/aromatic N) is 3. The monoisotopic (exact) mass is 367 g/mol. The van der Waals surface area contributed by atoms with Crippen LogP contribution in [0.4, 0.5) is 10.8 Å². The van der Waals surface area contributed by atoms with Gasteiger partial charge in [-0.3, -0.25) is 19.9 Å². The van der Waals surface area contributed by atoms with E-state index < -0.39 is 16.3 Å². The number of hydrazine groups is 1. The molecule has 10 heteroatoms. The van der Waals surface area contributed by atoms with Gasteiger partial charge in [0, 0.05) is 30.7 Å². The van der Waals surface area contributed by atoms with Crippen molar-refractivity contribution in [2.24, 2.45) is 0 Å². The second-order valence-electron chi connectivity index (χ2n) is 5.04. The van der Waals surface area contributed by atoms with E-state index >= 15 is 0 Å². The lowest BCUT2D eigenvalue weighted by Crippen LogP contribution is -2.62. The largest absolute Gasteiger partial charge is 0.360 e. The van der Waals surface area contributed by atoms with Crippen molar-refractivity contribution < 1.29 is 9.72 Å². The third-order valence-corrected chi connectivity index (χ3v) is 4.75. The number of carbonyl (C=O) groups excluding carboxylic acids is 1. The molecule has 1 saturated heterocycles. The fourth-order valence-electron chi connectivity index (χ4n) is 2.49. The summed E-state index contributed by atoms with van der Waals surface area (Å²) in [7, 11) is 0. The third-order valence-electron chi connectivity index (χ3n) is 3.60. The Kier molecular flexibility index (Phi) is 4.93. The normalized spacial score (nSPS) is 19.9. The second kappa shape index (κ2) is 7.12. The van der Waals surface area contributed by atoms with Crippen LogP contribution in [-0.2, 0) is 4.79 Å². The fraction of sp³-hybridized carbons (Fsp3) is 0.286. The molecule has 1 aromatic heterocycles. The summed E-state index contributed by atoms with van der Waals surface area (Å²) in [5, 5.41) is 17.5. The van der Waals surface area contributed by atoms with E-state index in [1.54, 1.807) is 24.4 Å². The minimum atomic E-state index is -0.814. The first-order chi connectivity index (χ1) is 11.6. The lowest BCUT2D eigenvalue weighted by Gasteiger charge is -2.44. The van der Waals surface area contributed by atoms with E-state index in [1.165, 1.54) is 22.4 Å². The molecule has 0 saturated carbocycles. The van der Waals surface area contributed by atoms with Crippen molar-refractivity contribution in [3.05, 3.63) is 51.5 Å². The SMILES string of the molecule is O=C1C(Cl)C(c2ccccc2[N+](=O)[O-])N1NCCNc1nccs1. The first-order valence-electron chi connectivity index (χ1n) is 7.17. The summed E-state index contributed by atoms with van der Waals surface area (Å²) in [6.07, 6.45) is 1.70. The number of halogens is 1. The molecule has 8 nitrogen and oxygen atoms in total. The zero-order chi connectivity index (χ0) is 17.1. The van der Waals surface area contributed by atoms with Gasteiger partial charge in [0.25, 0.3) is 11.6 Å². The quantitative estimate of drug-likeness (QED) is 0.256. The number of nitrogens with one attached hydrogen (secondary N) is 2. The number of anilines is 1. The fourth-order valence-corrected chi connectivity index (χ4v) is 3.40. The van der Waals surface area contributed by atoms with Crippen LogP contribution in [0.2, 0.25) is 0 Å². The van der Waals surface area contributed by atoms with Gasteiger partial charge in [-0.05, 0) is 6.07 Å². The molecular weight excluding hydrogens is 354 g/mol. The standard InChI is InChI=1S/C14H14ClN5O3S/c15-11-12(9-3-1-2-4-10(9)20(22)23)19(13(11)21)18-6-5-16-14-17-7-8-24-14/h1-4,7-8,11-12,18H,5-6H2,(H,16,17). The van der Waals surface area contributed by atoms with E-state index in [-0.39, 0.29) is 11.6 Å². The lowest BCUT2D eigenvalue weighted by atomic mass is 9.94. The molecule has 2 atom stereocenters.